The van der Waals surface area contributed by atoms with Crippen LogP contribution in [0.15, 0.2) is 18.2 Å². The van der Waals surface area contributed by atoms with Crippen LogP contribution < -0.4 is 0 Å². The van der Waals surface area contributed by atoms with E-state index < -0.39 is 16.4 Å². The van der Waals surface area contributed by atoms with Gasteiger partial charge < -0.3 is 0 Å². The lowest BCUT2D eigenvalue weighted by Crippen LogP contribution is -2.17. The smallest absolute Gasteiger partial charge is 0.258 e. The molecule has 0 heterocycles. The normalized spacial score (nSPS) is 11.5. The van der Waals surface area contributed by atoms with Gasteiger partial charge in [0, 0.05) is 6.07 Å². The fourth-order valence-corrected chi connectivity index (χ4v) is 1.84. The predicted molar refractivity (Wildman–Crippen MR) is 61.0 cm³/mol. The van der Waals surface area contributed by atoms with Crippen molar-refractivity contribution >= 4 is 5.69 Å². The third-order valence-corrected chi connectivity index (χ3v) is 2.80. The average Bonchev–Trinajstić information content (AvgIpc) is 2.17. The van der Waals surface area contributed by atoms with Crippen LogP contribution in [0.4, 0.5) is 10.1 Å². The number of rotatable bonds is 4. The van der Waals surface area contributed by atoms with Gasteiger partial charge in [0.1, 0.15) is 0 Å². The van der Waals surface area contributed by atoms with E-state index >= 15 is 0 Å². The topological polar surface area (TPSA) is 43.1 Å². The lowest BCUT2D eigenvalue weighted by atomic mass is 9.80. The second-order valence-electron chi connectivity index (χ2n) is 4.56. The molecule has 0 spiro atoms. The standard InChI is InChI=1S/C12H16FNO2/c1-4-7-12(2,3)9-5-6-10(13)11(8-9)14(15)16/h5-6,8H,4,7H2,1-3H3. The summed E-state index contributed by atoms with van der Waals surface area (Å²) >= 11 is 0. The Bertz CT molecular complexity index is 402. The lowest BCUT2D eigenvalue weighted by molar-refractivity contribution is -0.387. The van der Waals surface area contributed by atoms with Gasteiger partial charge in [-0.25, -0.2) is 0 Å². The molecule has 0 atom stereocenters. The number of hydrogen-bond donors (Lipinski definition) is 0. The highest BCUT2D eigenvalue weighted by Crippen LogP contribution is 2.31. The minimum atomic E-state index is -0.777. The van der Waals surface area contributed by atoms with Crippen molar-refractivity contribution in [1.82, 2.24) is 0 Å². The quantitative estimate of drug-likeness (QED) is 0.577. The average molecular weight is 225 g/mol. The Morgan fingerprint density at radius 2 is 2.06 bits per heavy atom. The van der Waals surface area contributed by atoms with Crippen molar-refractivity contribution in [3.63, 3.8) is 0 Å². The Morgan fingerprint density at radius 1 is 1.44 bits per heavy atom. The second-order valence-corrected chi connectivity index (χ2v) is 4.56. The van der Waals surface area contributed by atoms with Gasteiger partial charge in [0.2, 0.25) is 5.82 Å². The highest BCUT2D eigenvalue weighted by Gasteiger charge is 2.23. The summed E-state index contributed by atoms with van der Waals surface area (Å²) in [6.45, 7) is 6.07. The summed E-state index contributed by atoms with van der Waals surface area (Å²) in [5.41, 5.74) is 0.205. The van der Waals surface area contributed by atoms with E-state index in [1.54, 1.807) is 6.07 Å². The van der Waals surface area contributed by atoms with Crippen molar-refractivity contribution in [1.29, 1.82) is 0 Å². The van der Waals surface area contributed by atoms with Crippen molar-refractivity contribution in [3.8, 4) is 0 Å². The van der Waals surface area contributed by atoms with E-state index in [9.17, 15) is 14.5 Å². The van der Waals surface area contributed by atoms with Crippen LogP contribution in [0.2, 0.25) is 0 Å². The van der Waals surface area contributed by atoms with Gasteiger partial charge in [-0.3, -0.25) is 10.1 Å². The molecule has 0 saturated carbocycles. The number of nitrogens with zero attached hydrogens (tertiary/aromatic N) is 1. The largest absolute Gasteiger partial charge is 0.305 e. The predicted octanol–water partition coefficient (Wildman–Crippen LogP) is 3.81. The fraction of sp³-hybridized carbons (Fsp3) is 0.500. The molecule has 0 bridgehead atoms. The minimum absolute atomic E-state index is 0.160. The van der Waals surface area contributed by atoms with Crippen LogP contribution in [0.3, 0.4) is 0 Å². The van der Waals surface area contributed by atoms with Gasteiger partial charge in [-0.05, 0) is 23.5 Å². The highest BCUT2D eigenvalue weighted by atomic mass is 19.1. The van der Waals surface area contributed by atoms with Crippen LogP contribution in [0.25, 0.3) is 0 Å². The number of nitro groups is 1. The van der Waals surface area contributed by atoms with E-state index in [0.717, 1.165) is 18.4 Å². The summed E-state index contributed by atoms with van der Waals surface area (Å²) in [5, 5.41) is 10.6. The van der Waals surface area contributed by atoms with Crippen LogP contribution in [0.1, 0.15) is 39.2 Å². The zero-order valence-corrected chi connectivity index (χ0v) is 9.79. The monoisotopic (exact) mass is 225 g/mol. The van der Waals surface area contributed by atoms with Gasteiger partial charge in [0.05, 0.1) is 4.92 Å². The van der Waals surface area contributed by atoms with Crippen LogP contribution in [-0.4, -0.2) is 4.92 Å². The zero-order chi connectivity index (χ0) is 12.3. The SMILES string of the molecule is CCCC(C)(C)c1ccc(F)c([N+](=O)[O-])c1. The number of halogens is 1. The first-order valence-corrected chi connectivity index (χ1v) is 5.33. The molecule has 0 aliphatic heterocycles. The van der Waals surface area contributed by atoms with Gasteiger partial charge in [-0.15, -0.1) is 0 Å². The number of hydrogen-bond acceptors (Lipinski definition) is 2. The molecule has 0 aliphatic carbocycles. The van der Waals surface area contributed by atoms with Crippen molar-refractivity contribution in [2.24, 2.45) is 0 Å². The molecule has 1 aromatic rings. The van der Waals surface area contributed by atoms with Crippen LogP contribution in [0, 0.1) is 15.9 Å². The molecule has 0 amide bonds. The van der Waals surface area contributed by atoms with Gasteiger partial charge in [-0.2, -0.15) is 4.39 Å². The van der Waals surface area contributed by atoms with Crippen molar-refractivity contribution < 1.29 is 9.31 Å². The first-order chi connectivity index (χ1) is 7.38. The first-order valence-electron chi connectivity index (χ1n) is 5.33. The Kier molecular flexibility index (Phi) is 3.62. The van der Waals surface area contributed by atoms with Crippen molar-refractivity contribution in [3.05, 3.63) is 39.7 Å². The first kappa shape index (κ1) is 12.6. The maximum Gasteiger partial charge on any atom is 0.305 e. The Labute approximate surface area is 94.4 Å². The molecule has 4 heteroatoms. The summed E-state index contributed by atoms with van der Waals surface area (Å²) in [7, 11) is 0. The number of nitro benzene ring substituents is 1. The molecular formula is C12H16FNO2. The molecule has 0 saturated heterocycles. The molecule has 0 aliphatic rings. The van der Waals surface area contributed by atoms with Crippen molar-refractivity contribution in [2.45, 2.75) is 39.0 Å². The molecule has 0 fully saturated rings. The van der Waals surface area contributed by atoms with E-state index in [1.165, 1.54) is 12.1 Å². The van der Waals surface area contributed by atoms with Crippen LogP contribution in [0.5, 0.6) is 0 Å². The van der Waals surface area contributed by atoms with E-state index in [-0.39, 0.29) is 5.41 Å². The van der Waals surface area contributed by atoms with Crippen LogP contribution >= 0.6 is 0 Å². The van der Waals surface area contributed by atoms with E-state index in [0.29, 0.717) is 0 Å². The van der Waals surface area contributed by atoms with Gasteiger partial charge in [-0.1, -0.05) is 33.3 Å². The summed E-state index contributed by atoms with van der Waals surface area (Å²) in [6.07, 6.45) is 1.90. The maximum atomic E-state index is 13.2. The molecule has 0 N–H and O–H groups in total. The van der Waals surface area contributed by atoms with E-state index in [2.05, 4.69) is 6.92 Å². The lowest BCUT2D eigenvalue weighted by Gasteiger charge is -2.24. The molecular weight excluding hydrogens is 209 g/mol. The fourth-order valence-electron chi connectivity index (χ4n) is 1.84. The van der Waals surface area contributed by atoms with Crippen molar-refractivity contribution in [2.75, 3.05) is 0 Å². The number of benzene rings is 1. The van der Waals surface area contributed by atoms with Gasteiger partial charge in [0.15, 0.2) is 0 Å². The third kappa shape index (κ3) is 2.56. The molecule has 1 aromatic carbocycles. The molecule has 1 rings (SSSR count). The molecule has 3 nitrogen and oxygen atoms in total. The highest BCUT2D eigenvalue weighted by molar-refractivity contribution is 5.39. The second kappa shape index (κ2) is 4.60. The third-order valence-electron chi connectivity index (χ3n) is 2.80. The minimum Gasteiger partial charge on any atom is -0.258 e. The molecule has 0 unspecified atom stereocenters. The molecule has 0 aromatic heterocycles. The summed E-state index contributed by atoms with van der Waals surface area (Å²) in [5.74, 6) is -0.777. The molecule has 16 heavy (non-hydrogen) atoms. The van der Waals surface area contributed by atoms with Gasteiger partial charge in [0.25, 0.3) is 0 Å². The Morgan fingerprint density at radius 3 is 2.56 bits per heavy atom. The summed E-state index contributed by atoms with van der Waals surface area (Å²) in [6, 6.07) is 4.13. The molecule has 88 valence electrons. The van der Waals surface area contributed by atoms with Crippen LogP contribution in [-0.2, 0) is 5.41 Å². The Balaban J connectivity index is 3.17. The maximum absolute atomic E-state index is 13.2. The zero-order valence-electron chi connectivity index (χ0n) is 9.79. The summed E-state index contributed by atoms with van der Waals surface area (Å²) < 4.78 is 13.2. The Hall–Kier alpha value is -1.45. The van der Waals surface area contributed by atoms with E-state index in [1.807, 2.05) is 13.8 Å². The van der Waals surface area contributed by atoms with Gasteiger partial charge >= 0.3 is 5.69 Å². The molecule has 0 radical (unpaired) electrons. The van der Waals surface area contributed by atoms with E-state index in [4.69, 9.17) is 0 Å². The summed E-state index contributed by atoms with van der Waals surface area (Å²) in [4.78, 5) is 9.94.